The number of hydrogen-bond donors (Lipinski definition) is 2. The van der Waals surface area contributed by atoms with Crippen LogP contribution in [0.4, 0.5) is 4.39 Å². The van der Waals surface area contributed by atoms with Crippen LogP contribution in [0.25, 0.3) is 0 Å². The number of amidine groups is 1. The average molecular weight is 267 g/mol. The molecule has 1 rings (SSSR count). The lowest BCUT2D eigenvalue weighted by Gasteiger charge is -2.28. The monoisotopic (exact) mass is 267 g/mol. The fraction of sp³-hybridized carbons (Fsp3) is 0.385. The van der Waals surface area contributed by atoms with E-state index < -0.39 is 5.41 Å². The molecule has 6 heteroatoms. The van der Waals surface area contributed by atoms with E-state index in [9.17, 15) is 9.18 Å². The SMILES string of the molecule is CN(Cc1ccccc1F)C(=O)C(C)(C)C(N)=NO. The number of rotatable bonds is 4. The first kappa shape index (κ1) is 14.9. The van der Waals surface area contributed by atoms with Gasteiger partial charge in [0.25, 0.3) is 0 Å². The first-order valence-electron chi connectivity index (χ1n) is 5.77. The molecule has 0 bridgehead atoms. The molecule has 0 saturated heterocycles. The Bertz CT molecular complexity index is 500. The van der Waals surface area contributed by atoms with Gasteiger partial charge < -0.3 is 15.8 Å². The number of nitrogens with two attached hydrogens (primary N) is 1. The molecule has 0 unspecified atom stereocenters. The van der Waals surface area contributed by atoms with Crippen LogP contribution in [0.3, 0.4) is 0 Å². The summed E-state index contributed by atoms with van der Waals surface area (Å²) in [4.78, 5) is 13.6. The summed E-state index contributed by atoms with van der Waals surface area (Å²) in [6.07, 6.45) is 0. The number of hydrogen-bond acceptors (Lipinski definition) is 3. The lowest BCUT2D eigenvalue weighted by molar-refractivity contribution is -0.136. The van der Waals surface area contributed by atoms with Crippen molar-refractivity contribution in [3.63, 3.8) is 0 Å². The summed E-state index contributed by atoms with van der Waals surface area (Å²) in [6.45, 7) is 3.21. The molecule has 0 aliphatic carbocycles. The second-order valence-corrected chi connectivity index (χ2v) is 4.86. The van der Waals surface area contributed by atoms with E-state index in [1.165, 1.54) is 11.0 Å². The zero-order valence-corrected chi connectivity index (χ0v) is 11.2. The molecule has 0 fully saturated rings. The minimum atomic E-state index is -1.14. The fourth-order valence-corrected chi connectivity index (χ4v) is 1.67. The molecular weight excluding hydrogens is 249 g/mol. The molecule has 5 nitrogen and oxygen atoms in total. The predicted octanol–water partition coefficient (Wildman–Crippen LogP) is 1.56. The number of carbonyl (C=O) groups excluding carboxylic acids is 1. The highest BCUT2D eigenvalue weighted by atomic mass is 19.1. The van der Waals surface area contributed by atoms with Crippen molar-refractivity contribution in [3.05, 3.63) is 35.6 Å². The van der Waals surface area contributed by atoms with E-state index in [4.69, 9.17) is 10.9 Å². The first-order chi connectivity index (χ1) is 8.80. The number of amides is 1. The fourth-order valence-electron chi connectivity index (χ4n) is 1.67. The van der Waals surface area contributed by atoms with Gasteiger partial charge in [-0.2, -0.15) is 0 Å². The van der Waals surface area contributed by atoms with Gasteiger partial charge in [0.05, 0.1) is 0 Å². The van der Waals surface area contributed by atoms with Crippen LogP contribution in [0.1, 0.15) is 19.4 Å². The summed E-state index contributed by atoms with van der Waals surface area (Å²) in [5, 5.41) is 11.5. The van der Waals surface area contributed by atoms with Gasteiger partial charge in [0.1, 0.15) is 11.2 Å². The molecule has 1 aromatic carbocycles. The zero-order chi connectivity index (χ0) is 14.6. The van der Waals surface area contributed by atoms with Crippen molar-refractivity contribution in [2.75, 3.05) is 7.05 Å². The molecule has 0 aliphatic rings. The van der Waals surface area contributed by atoms with Gasteiger partial charge in [-0.1, -0.05) is 23.4 Å². The lowest BCUT2D eigenvalue weighted by Crippen LogP contribution is -2.46. The van der Waals surface area contributed by atoms with Crippen molar-refractivity contribution in [2.24, 2.45) is 16.3 Å². The maximum atomic E-state index is 13.5. The lowest BCUT2D eigenvalue weighted by atomic mass is 9.90. The zero-order valence-electron chi connectivity index (χ0n) is 11.2. The second-order valence-electron chi connectivity index (χ2n) is 4.86. The van der Waals surface area contributed by atoms with Crippen LogP contribution in [0.5, 0.6) is 0 Å². The molecular formula is C13H18FN3O2. The molecule has 0 aromatic heterocycles. The van der Waals surface area contributed by atoms with Crippen molar-refractivity contribution in [2.45, 2.75) is 20.4 Å². The topological polar surface area (TPSA) is 78.9 Å². The standard InChI is InChI=1S/C13H18FN3O2/c1-13(2,11(15)16-19)12(18)17(3)8-9-6-4-5-7-10(9)14/h4-7,19H,8H2,1-3H3,(H2,15,16). The third-order valence-corrected chi connectivity index (χ3v) is 2.99. The van der Waals surface area contributed by atoms with Crippen LogP contribution in [0.15, 0.2) is 29.4 Å². The minimum Gasteiger partial charge on any atom is -0.409 e. The first-order valence-corrected chi connectivity index (χ1v) is 5.77. The number of nitrogens with zero attached hydrogens (tertiary/aromatic N) is 2. The van der Waals surface area contributed by atoms with Crippen molar-refractivity contribution >= 4 is 11.7 Å². The number of halogens is 1. The van der Waals surface area contributed by atoms with Gasteiger partial charge in [-0.15, -0.1) is 0 Å². The second kappa shape index (κ2) is 5.69. The molecule has 0 spiro atoms. The molecule has 1 aromatic rings. The third-order valence-electron chi connectivity index (χ3n) is 2.99. The minimum absolute atomic E-state index is 0.119. The van der Waals surface area contributed by atoms with Gasteiger partial charge in [0, 0.05) is 19.2 Å². The normalized spacial score (nSPS) is 12.3. The molecule has 0 atom stereocenters. The van der Waals surface area contributed by atoms with Crippen molar-refractivity contribution < 1.29 is 14.4 Å². The number of benzene rings is 1. The van der Waals surface area contributed by atoms with Crippen molar-refractivity contribution in [1.29, 1.82) is 0 Å². The maximum Gasteiger partial charge on any atom is 0.235 e. The number of carbonyl (C=O) groups is 1. The van der Waals surface area contributed by atoms with Crippen LogP contribution in [-0.4, -0.2) is 28.9 Å². The quantitative estimate of drug-likeness (QED) is 0.376. The van der Waals surface area contributed by atoms with E-state index in [0.29, 0.717) is 5.56 Å². The van der Waals surface area contributed by atoms with Crippen LogP contribution in [-0.2, 0) is 11.3 Å². The predicted molar refractivity (Wildman–Crippen MR) is 70.1 cm³/mol. The van der Waals surface area contributed by atoms with Gasteiger partial charge in [-0.25, -0.2) is 4.39 Å². The van der Waals surface area contributed by atoms with Crippen molar-refractivity contribution in [1.82, 2.24) is 4.90 Å². The molecule has 3 N–H and O–H groups in total. The summed E-state index contributed by atoms with van der Waals surface area (Å²) in [5.41, 5.74) is 4.76. The van der Waals surface area contributed by atoms with Crippen LogP contribution >= 0.6 is 0 Å². The molecule has 0 heterocycles. The van der Waals surface area contributed by atoms with E-state index in [1.807, 2.05) is 0 Å². The summed E-state index contributed by atoms with van der Waals surface area (Å²) < 4.78 is 13.5. The van der Waals surface area contributed by atoms with Gasteiger partial charge in [-0.3, -0.25) is 4.79 Å². The summed E-state index contributed by atoms with van der Waals surface area (Å²) in [6, 6.07) is 6.23. The third kappa shape index (κ3) is 3.21. The summed E-state index contributed by atoms with van der Waals surface area (Å²) >= 11 is 0. The van der Waals surface area contributed by atoms with E-state index in [2.05, 4.69) is 5.16 Å². The summed E-state index contributed by atoms with van der Waals surface area (Å²) in [7, 11) is 1.54. The van der Waals surface area contributed by atoms with E-state index in [1.54, 1.807) is 39.1 Å². The van der Waals surface area contributed by atoms with E-state index in [-0.39, 0.29) is 24.1 Å². The van der Waals surface area contributed by atoms with Gasteiger partial charge >= 0.3 is 0 Å². The highest BCUT2D eigenvalue weighted by Crippen LogP contribution is 2.20. The largest absolute Gasteiger partial charge is 0.409 e. The highest BCUT2D eigenvalue weighted by molar-refractivity contribution is 6.05. The molecule has 1 amide bonds. The van der Waals surface area contributed by atoms with Crippen LogP contribution in [0.2, 0.25) is 0 Å². The maximum absolute atomic E-state index is 13.5. The molecule has 0 radical (unpaired) electrons. The molecule has 0 aliphatic heterocycles. The van der Waals surface area contributed by atoms with Crippen LogP contribution < -0.4 is 5.73 Å². The Balaban J connectivity index is 2.87. The Morgan fingerprint density at radius 3 is 2.58 bits per heavy atom. The van der Waals surface area contributed by atoms with Gasteiger partial charge in [0.15, 0.2) is 5.84 Å². The highest BCUT2D eigenvalue weighted by Gasteiger charge is 2.35. The van der Waals surface area contributed by atoms with Crippen molar-refractivity contribution in [3.8, 4) is 0 Å². The summed E-state index contributed by atoms with van der Waals surface area (Å²) in [5.74, 6) is -0.910. The Hall–Kier alpha value is -2.11. The molecule has 104 valence electrons. The number of oxime groups is 1. The van der Waals surface area contributed by atoms with Gasteiger partial charge in [0.2, 0.25) is 5.91 Å². The Labute approximate surface area is 111 Å². The van der Waals surface area contributed by atoms with E-state index in [0.717, 1.165) is 0 Å². The Kier molecular flexibility index (Phi) is 4.47. The van der Waals surface area contributed by atoms with E-state index >= 15 is 0 Å². The Morgan fingerprint density at radius 2 is 2.05 bits per heavy atom. The Morgan fingerprint density at radius 1 is 1.47 bits per heavy atom. The average Bonchev–Trinajstić information content (AvgIpc) is 2.39. The molecule has 19 heavy (non-hydrogen) atoms. The van der Waals surface area contributed by atoms with Gasteiger partial charge in [-0.05, 0) is 19.9 Å². The van der Waals surface area contributed by atoms with Crippen LogP contribution in [0, 0.1) is 11.2 Å². The smallest absolute Gasteiger partial charge is 0.235 e. The molecule has 0 saturated carbocycles.